The molecule has 0 fully saturated rings. The first-order valence-electron chi connectivity index (χ1n) is 8.45. The number of methoxy groups -OCH3 is 1. The molecule has 0 aromatic heterocycles. The Labute approximate surface area is 163 Å². The van der Waals surface area contributed by atoms with E-state index in [1.54, 1.807) is 63.4 Å². The van der Waals surface area contributed by atoms with Gasteiger partial charge in [0, 0.05) is 23.7 Å². The van der Waals surface area contributed by atoms with Crippen molar-refractivity contribution in [2.75, 3.05) is 24.3 Å². The molecule has 6 nitrogen and oxygen atoms in total. The van der Waals surface area contributed by atoms with Crippen molar-refractivity contribution in [1.29, 1.82) is 0 Å². The van der Waals surface area contributed by atoms with E-state index in [4.69, 9.17) is 16.3 Å². The zero-order chi connectivity index (χ0) is 20.0. The molecule has 1 amide bonds. The van der Waals surface area contributed by atoms with Crippen LogP contribution >= 0.6 is 11.6 Å². The summed E-state index contributed by atoms with van der Waals surface area (Å²) in [5, 5.41) is 15.8. The first-order chi connectivity index (χ1) is 12.7. The van der Waals surface area contributed by atoms with Gasteiger partial charge in [-0.25, -0.2) is 0 Å². The molecule has 0 saturated carbocycles. The third-order valence-corrected chi connectivity index (χ3v) is 4.49. The highest BCUT2D eigenvalue weighted by molar-refractivity contribution is 6.30. The van der Waals surface area contributed by atoms with Gasteiger partial charge >= 0.3 is 5.97 Å². The van der Waals surface area contributed by atoms with Crippen molar-refractivity contribution in [2.45, 2.75) is 25.7 Å². The fraction of sp³-hybridized carbons (Fsp3) is 0.300. The second-order valence-electron chi connectivity index (χ2n) is 6.58. The summed E-state index contributed by atoms with van der Waals surface area (Å²) in [6.45, 7) is 3.68. The Morgan fingerprint density at radius 2 is 1.81 bits per heavy atom. The fourth-order valence-corrected chi connectivity index (χ4v) is 2.62. The Morgan fingerprint density at radius 3 is 2.41 bits per heavy atom. The van der Waals surface area contributed by atoms with E-state index in [0.29, 0.717) is 28.6 Å². The van der Waals surface area contributed by atoms with Gasteiger partial charge in [-0.05, 0) is 49.7 Å². The number of rotatable bonds is 8. The Morgan fingerprint density at radius 1 is 1.15 bits per heavy atom. The molecule has 2 aromatic carbocycles. The normalized spacial score (nSPS) is 11.0. The third kappa shape index (κ3) is 5.37. The molecule has 7 heteroatoms. The zero-order valence-corrected chi connectivity index (χ0v) is 16.3. The van der Waals surface area contributed by atoms with Gasteiger partial charge in [-0.1, -0.05) is 23.7 Å². The summed E-state index contributed by atoms with van der Waals surface area (Å²) < 4.78 is 5.25. The number of carbonyl (C=O) groups excluding carboxylic acids is 1. The van der Waals surface area contributed by atoms with E-state index in [1.807, 2.05) is 0 Å². The number of aliphatic carboxylic acids is 1. The van der Waals surface area contributed by atoms with Crippen molar-refractivity contribution in [2.24, 2.45) is 0 Å². The number of amides is 1. The smallest absolute Gasteiger partial charge is 0.313 e. The van der Waals surface area contributed by atoms with Crippen molar-refractivity contribution >= 4 is 34.9 Å². The number of hydrogen-bond acceptors (Lipinski definition) is 4. The number of carbonyl (C=O) groups is 2. The van der Waals surface area contributed by atoms with Gasteiger partial charge in [0.25, 0.3) is 0 Å². The van der Waals surface area contributed by atoms with Crippen LogP contribution in [0.2, 0.25) is 5.02 Å². The van der Waals surface area contributed by atoms with Crippen LogP contribution in [-0.2, 0) is 15.0 Å². The molecule has 2 rings (SSSR count). The minimum atomic E-state index is -0.984. The lowest BCUT2D eigenvalue weighted by Crippen LogP contribution is -2.28. The largest absolute Gasteiger partial charge is 0.495 e. The molecule has 0 spiro atoms. The van der Waals surface area contributed by atoms with Crippen molar-refractivity contribution in [1.82, 2.24) is 0 Å². The van der Waals surface area contributed by atoms with Gasteiger partial charge in [0.05, 0.1) is 18.2 Å². The molecular formula is C20H23ClN2O4. The van der Waals surface area contributed by atoms with Gasteiger partial charge in [-0.15, -0.1) is 0 Å². The SMILES string of the molecule is COc1ccc(Cl)cc1NCCC(=O)Nc1ccc(C(C)(C)C(=O)O)cc1. The summed E-state index contributed by atoms with van der Waals surface area (Å²) in [6.07, 6.45) is 0.248. The Kier molecular flexibility index (Phi) is 6.69. The second kappa shape index (κ2) is 8.77. The summed E-state index contributed by atoms with van der Waals surface area (Å²) in [5.41, 5.74) is 1.02. The third-order valence-electron chi connectivity index (χ3n) is 4.25. The Bertz CT molecular complexity index is 819. The molecule has 0 aliphatic heterocycles. The minimum absolute atomic E-state index is 0.159. The maximum Gasteiger partial charge on any atom is 0.313 e. The lowest BCUT2D eigenvalue weighted by Gasteiger charge is -2.20. The molecule has 0 unspecified atom stereocenters. The van der Waals surface area contributed by atoms with Crippen LogP contribution in [0.5, 0.6) is 5.75 Å². The highest BCUT2D eigenvalue weighted by atomic mass is 35.5. The van der Waals surface area contributed by atoms with E-state index >= 15 is 0 Å². The number of carboxylic acid groups (broad SMARTS) is 1. The van der Waals surface area contributed by atoms with Crippen molar-refractivity contribution in [3.05, 3.63) is 53.1 Å². The van der Waals surface area contributed by atoms with Gasteiger partial charge in [0.2, 0.25) is 5.91 Å². The maximum absolute atomic E-state index is 12.1. The standard InChI is InChI=1S/C20H23ClN2O4/c1-20(2,19(25)26)13-4-7-15(8-5-13)23-18(24)10-11-22-16-12-14(21)6-9-17(16)27-3/h4-9,12,22H,10-11H2,1-3H3,(H,23,24)(H,25,26). The number of nitrogens with one attached hydrogen (secondary N) is 2. The van der Waals surface area contributed by atoms with Crippen molar-refractivity contribution < 1.29 is 19.4 Å². The quantitative estimate of drug-likeness (QED) is 0.630. The lowest BCUT2D eigenvalue weighted by molar-refractivity contribution is -0.142. The second-order valence-corrected chi connectivity index (χ2v) is 7.01. The van der Waals surface area contributed by atoms with E-state index in [9.17, 15) is 14.7 Å². The molecule has 144 valence electrons. The molecular weight excluding hydrogens is 368 g/mol. The van der Waals surface area contributed by atoms with Crippen LogP contribution in [0.25, 0.3) is 0 Å². The van der Waals surface area contributed by atoms with Crippen LogP contribution in [0.15, 0.2) is 42.5 Å². The molecule has 3 N–H and O–H groups in total. The van der Waals surface area contributed by atoms with Gasteiger partial charge in [0.15, 0.2) is 0 Å². The number of carboxylic acids is 1. The number of benzene rings is 2. The van der Waals surface area contributed by atoms with Crippen LogP contribution in [0.1, 0.15) is 25.8 Å². The van der Waals surface area contributed by atoms with Crippen LogP contribution in [0, 0.1) is 0 Å². The highest BCUT2D eigenvalue weighted by Gasteiger charge is 2.29. The lowest BCUT2D eigenvalue weighted by atomic mass is 9.85. The maximum atomic E-state index is 12.1. The summed E-state index contributed by atoms with van der Waals surface area (Å²) in [4.78, 5) is 23.4. The van der Waals surface area contributed by atoms with Crippen molar-refractivity contribution in [3.63, 3.8) is 0 Å². The Hall–Kier alpha value is -2.73. The molecule has 0 aliphatic rings. The number of anilines is 2. The van der Waals surface area contributed by atoms with E-state index in [2.05, 4.69) is 10.6 Å². The summed E-state index contributed by atoms with van der Waals surface area (Å²) >= 11 is 5.98. The Balaban J connectivity index is 1.89. The van der Waals surface area contributed by atoms with Crippen molar-refractivity contribution in [3.8, 4) is 5.75 Å². The molecule has 0 saturated heterocycles. The summed E-state index contributed by atoms with van der Waals surface area (Å²) in [6, 6.07) is 12.0. The molecule has 0 aliphatic carbocycles. The minimum Gasteiger partial charge on any atom is -0.495 e. The predicted octanol–water partition coefficient (Wildman–Crippen LogP) is 4.15. The van der Waals surface area contributed by atoms with E-state index in [1.165, 1.54) is 0 Å². The van der Waals surface area contributed by atoms with Crippen LogP contribution < -0.4 is 15.4 Å². The van der Waals surface area contributed by atoms with E-state index in [-0.39, 0.29) is 12.3 Å². The highest BCUT2D eigenvalue weighted by Crippen LogP contribution is 2.27. The first kappa shape index (κ1) is 20.6. The fourth-order valence-electron chi connectivity index (χ4n) is 2.45. The molecule has 2 aromatic rings. The van der Waals surface area contributed by atoms with Gasteiger partial charge in [-0.2, -0.15) is 0 Å². The topological polar surface area (TPSA) is 87.7 Å². The predicted molar refractivity (Wildman–Crippen MR) is 107 cm³/mol. The van der Waals surface area contributed by atoms with E-state index < -0.39 is 11.4 Å². The van der Waals surface area contributed by atoms with Crippen LogP contribution in [0.3, 0.4) is 0 Å². The summed E-state index contributed by atoms with van der Waals surface area (Å²) in [7, 11) is 1.57. The van der Waals surface area contributed by atoms with Gasteiger partial charge in [-0.3, -0.25) is 9.59 Å². The van der Waals surface area contributed by atoms with Crippen LogP contribution in [0.4, 0.5) is 11.4 Å². The monoisotopic (exact) mass is 390 g/mol. The van der Waals surface area contributed by atoms with Gasteiger partial charge in [0.1, 0.15) is 5.75 Å². The molecule has 0 heterocycles. The average Bonchev–Trinajstić information content (AvgIpc) is 2.62. The molecule has 0 atom stereocenters. The number of halogens is 1. The zero-order valence-electron chi connectivity index (χ0n) is 15.5. The van der Waals surface area contributed by atoms with Gasteiger partial charge < -0.3 is 20.5 Å². The number of ether oxygens (including phenoxy) is 1. The number of hydrogen-bond donors (Lipinski definition) is 3. The first-order valence-corrected chi connectivity index (χ1v) is 8.83. The molecule has 0 radical (unpaired) electrons. The molecule has 0 bridgehead atoms. The van der Waals surface area contributed by atoms with Crippen LogP contribution in [-0.4, -0.2) is 30.6 Å². The molecule has 27 heavy (non-hydrogen) atoms. The summed E-state index contributed by atoms with van der Waals surface area (Å²) in [5.74, 6) is -0.410. The average molecular weight is 391 g/mol. The van der Waals surface area contributed by atoms with E-state index in [0.717, 1.165) is 5.69 Å².